The van der Waals surface area contributed by atoms with Crippen LogP contribution in [0.2, 0.25) is 0 Å². The number of carbonyl (C=O) groups is 1. The molecular formula is C23H20F3N3O3S. The molecule has 6 nitrogen and oxygen atoms in total. The van der Waals surface area contributed by atoms with Gasteiger partial charge in [0.25, 0.3) is 0 Å². The summed E-state index contributed by atoms with van der Waals surface area (Å²) in [6, 6.07) is 16.9. The predicted octanol–water partition coefficient (Wildman–Crippen LogP) is 5.10. The van der Waals surface area contributed by atoms with Crippen LogP contribution in [0.5, 0.6) is 0 Å². The molecule has 2 N–H and O–H groups in total. The number of hydrogen-bond acceptors (Lipinski definition) is 3. The molecule has 0 spiro atoms. The molecule has 2 amide bonds. The number of nitrogens with zero attached hydrogens (tertiary/aromatic N) is 1. The van der Waals surface area contributed by atoms with Crippen molar-refractivity contribution in [3.63, 3.8) is 0 Å². The smallest absolute Gasteiger partial charge is 0.308 e. The Kier molecular flexibility index (Phi) is 6.13. The van der Waals surface area contributed by atoms with Crippen molar-refractivity contribution in [2.45, 2.75) is 24.0 Å². The first-order valence-electron chi connectivity index (χ1n) is 10.1. The highest BCUT2D eigenvalue weighted by Crippen LogP contribution is 2.30. The molecule has 0 fully saturated rings. The SMILES string of the molecule is O=C(Nc1ccc(C(F)(F)F)cc1)Nc1ccc2c(c1)CN(S(=O)(=O)c1ccccc1)CC2. The number of carbonyl (C=O) groups excluding carboxylic acids is 1. The molecule has 3 aromatic carbocycles. The number of amides is 2. The summed E-state index contributed by atoms with van der Waals surface area (Å²) in [5, 5.41) is 5.11. The van der Waals surface area contributed by atoms with Crippen LogP contribution in [-0.2, 0) is 29.2 Å². The van der Waals surface area contributed by atoms with Gasteiger partial charge in [-0.15, -0.1) is 0 Å². The van der Waals surface area contributed by atoms with Crippen LogP contribution in [0.4, 0.5) is 29.3 Å². The molecule has 3 aromatic rings. The van der Waals surface area contributed by atoms with Gasteiger partial charge in [0.05, 0.1) is 10.5 Å². The molecule has 33 heavy (non-hydrogen) atoms. The van der Waals surface area contributed by atoms with Gasteiger partial charge < -0.3 is 10.6 Å². The number of anilines is 2. The third-order valence-corrected chi connectivity index (χ3v) is 7.15. The van der Waals surface area contributed by atoms with E-state index in [4.69, 9.17) is 0 Å². The second kappa shape index (κ2) is 8.87. The van der Waals surface area contributed by atoms with Gasteiger partial charge in [0.1, 0.15) is 0 Å². The van der Waals surface area contributed by atoms with Crippen molar-refractivity contribution in [1.29, 1.82) is 0 Å². The minimum atomic E-state index is -4.45. The van der Waals surface area contributed by atoms with Gasteiger partial charge in [-0.25, -0.2) is 13.2 Å². The first-order valence-corrected chi connectivity index (χ1v) is 11.5. The van der Waals surface area contributed by atoms with Crippen molar-refractivity contribution >= 4 is 27.4 Å². The summed E-state index contributed by atoms with van der Waals surface area (Å²) < 4.78 is 65.2. The fourth-order valence-electron chi connectivity index (χ4n) is 3.59. The topological polar surface area (TPSA) is 78.5 Å². The van der Waals surface area contributed by atoms with Gasteiger partial charge in [0, 0.05) is 24.5 Å². The van der Waals surface area contributed by atoms with Gasteiger partial charge in [-0.2, -0.15) is 17.5 Å². The zero-order valence-corrected chi connectivity index (χ0v) is 18.1. The van der Waals surface area contributed by atoms with Gasteiger partial charge in [0.15, 0.2) is 0 Å². The van der Waals surface area contributed by atoms with Crippen LogP contribution in [0.15, 0.2) is 77.7 Å². The van der Waals surface area contributed by atoms with Gasteiger partial charge >= 0.3 is 12.2 Å². The fourth-order valence-corrected chi connectivity index (χ4v) is 5.03. The maximum atomic E-state index is 12.9. The monoisotopic (exact) mass is 475 g/mol. The number of fused-ring (bicyclic) bond motifs is 1. The highest BCUT2D eigenvalue weighted by atomic mass is 32.2. The van der Waals surface area contributed by atoms with E-state index >= 15 is 0 Å². The molecule has 1 heterocycles. The second-order valence-corrected chi connectivity index (χ2v) is 9.48. The van der Waals surface area contributed by atoms with Crippen LogP contribution >= 0.6 is 0 Å². The molecule has 0 aliphatic carbocycles. The zero-order chi connectivity index (χ0) is 23.6. The van der Waals surface area contributed by atoms with E-state index in [2.05, 4.69) is 10.6 Å². The molecule has 0 aromatic heterocycles. The summed E-state index contributed by atoms with van der Waals surface area (Å²) in [7, 11) is -3.64. The lowest BCUT2D eigenvalue weighted by Gasteiger charge is -2.28. The predicted molar refractivity (Wildman–Crippen MR) is 118 cm³/mol. The van der Waals surface area contributed by atoms with E-state index in [0.29, 0.717) is 18.7 Å². The summed E-state index contributed by atoms with van der Waals surface area (Å²) in [6.45, 7) is 0.522. The Morgan fingerprint density at radius 3 is 2.15 bits per heavy atom. The normalized spacial score (nSPS) is 14.4. The second-order valence-electron chi connectivity index (χ2n) is 7.54. The molecule has 0 radical (unpaired) electrons. The first-order chi connectivity index (χ1) is 15.6. The van der Waals surface area contributed by atoms with Gasteiger partial charge in [-0.05, 0) is 66.1 Å². The van der Waals surface area contributed by atoms with Crippen molar-refractivity contribution in [2.75, 3.05) is 17.2 Å². The zero-order valence-electron chi connectivity index (χ0n) is 17.3. The third kappa shape index (κ3) is 5.18. The standard InChI is InChI=1S/C23H20F3N3O3S/c24-23(25,26)18-7-10-19(11-8-18)27-22(30)28-20-9-6-16-12-13-29(15-17(16)14-20)33(31,32)21-4-2-1-3-5-21/h1-11,14H,12-13,15H2,(H2,27,28,30). The molecule has 0 saturated heterocycles. The Morgan fingerprint density at radius 1 is 0.848 bits per heavy atom. The lowest BCUT2D eigenvalue weighted by molar-refractivity contribution is -0.137. The van der Waals surface area contributed by atoms with E-state index in [1.54, 1.807) is 42.5 Å². The molecule has 0 unspecified atom stereocenters. The first kappa shape index (κ1) is 22.8. The summed E-state index contributed by atoms with van der Waals surface area (Å²) in [5.41, 5.74) is 1.60. The van der Waals surface area contributed by atoms with E-state index in [-0.39, 0.29) is 17.1 Å². The van der Waals surface area contributed by atoms with E-state index in [1.807, 2.05) is 6.07 Å². The van der Waals surface area contributed by atoms with Crippen LogP contribution < -0.4 is 10.6 Å². The number of halogens is 3. The van der Waals surface area contributed by atoms with Crippen LogP contribution in [0.3, 0.4) is 0 Å². The number of sulfonamides is 1. The molecule has 4 rings (SSSR count). The van der Waals surface area contributed by atoms with E-state index < -0.39 is 27.8 Å². The molecule has 1 aliphatic rings. The third-order valence-electron chi connectivity index (χ3n) is 5.29. The summed E-state index contributed by atoms with van der Waals surface area (Å²) in [6.07, 6.45) is -3.91. The van der Waals surface area contributed by atoms with E-state index in [0.717, 1.165) is 23.3 Å². The Hall–Kier alpha value is -3.37. The fraction of sp³-hybridized carbons (Fsp3) is 0.174. The van der Waals surface area contributed by atoms with Crippen molar-refractivity contribution in [3.8, 4) is 0 Å². The molecule has 1 aliphatic heterocycles. The molecule has 172 valence electrons. The lowest BCUT2D eigenvalue weighted by atomic mass is 10.0. The number of benzene rings is 3. The van der Waals surface area contributed by atoms with Crippen LogP contribution in [0, 0.1) is 0 Å². The summed E-state index contributed by atoms with van der Waals surface area (Å²) >= 11 is 0. The van der Waals surface area contributed by atoms with E-state index in [9.17, 15) is 26.4 Å². The number of hydrogen-bond donors (Lipinski definition) is 2. The van der Waals surface area contributed by atoms with Crippen LogP contribution in [-0.4, -0.2) is 25.3 Å². The maximum absolute atomic E-state index is 12.9. The molecule has 10 heteroatoms. The van der Waals surface area contributed by atoms with Crippen molar-refractivity contribution in [2.24, 2.45) is 0 Å². The Labute approximate surface area is 189 Å². The van der Waals surface area contributed by atoms with Gasteiger partial charge in [-0.3, -0.25) is 0 Å². The summed E-state index contributed by atoms with van der Waals surface area (Å²) in [5.74, 6) is 0. The lowest BCUT2D eigenvalue weighted by Crippen LogP contribution is -2.36. The van der Waals surface area contributed by atoms with Crippen molar-refractivity contribution < 1.29 is 26.4 Å². The highest BCUT2D eigenvalue weighted by Gasteiger charge is 2.30. The van der Waals surface area contributed by atoms with Crippen LogP contribution in [0.25, 0.3) is 0 Å². The number of urea groups is 1. The average molecular weight is 475 g/mol. The highest BCUT2D eigenvalue weighted by molar-refractivity contribution is 7.89. The number of nitrogens with one attached hydrogen (secondary N) is 2. The van der Waals surface area contributed by atoms with Crippen molar-refractivity contribution in [1.82, 2.24) is 4.31 Å². The summed E-state index contributed by atoms with van der Waals surface area (Å²) in [4.78, 5) is 12.5. The largest absolute Gasteiger partial charge is 0.416 e. The van der Waals surface area contributed by atoms with Crippen LogP contribution in [0.1, 0.15) is 16.7 Å². The average Bonchev–Trinajstić information content (AvgIpc) is 2.79. The quantitative estimate of drug-likeness (QED) is 0.551. The maximum Gasteiger partial charge on any atom is 0.416 e. The minimum absolute atomic E-state index is 0.169. The Balaban J connectivity index is 1.44. The molecular weight excluding hydrogens is 455 g/mol. The minimum Gasteiger partial charge on any atom is -0.308 e. The Bertz CT molecular complexity index is 1260. The molecule has 0 saturated carbocycles. The number of rotatable bonds is 4. The number of alkyl halides is 3. The Morgan fingerprint density at radius 2 is 1.48 bits per heavy atom. The molecule has 0 bridgehead atoms. The van der Waals surface area contributed by atoms with Gasteiger partial charge in [0.2, 0.25) is 10.0 Å². The van der Waals surface area contributed by atoms with Crippen molar-refractivity contribution in [3.05, 3.63) is 89.5 Å². The van der Waals surface area contributed by atoms with Gasteiger partial charge in [-0.1, -0.05) is 24.3 Å². The molecule has 0 atom stereocenters. The van der Waals surface area contributed by atoms with E-state index in [1.165, 1.54) is 16.4 Å².